The third-order valence-corrected chi connectivity index (χ3v) is 9.50. The van der Waals surface area contributed by atoms with Crippen molar-refractivity contribution < 1.29 is 26.7 Å². The van der Waals surface area contributed by atoms with Crippen LogP contribution < -0.4 is 20.1 Å². The number of alkyl halides is 1. The van der Waals surface area contributed by atoms with E-state index < -0.39 is 28.3 Å². The second-order valence-electron chi connectivity index (χ2n) is 11.5. The van der Waals surface area contributed by atoms with Gasteiger partial charge in [0, 0.05) is 29.3 Å². The highest BCUT2D eigenvalue weighted by Gasteiger charge is 2.27. The molecule has 6 rings (SSSR count). The summed E-state index contributed by atoms with van der Waals surface area (Å²) in [6.07, 6.45) is 5.31. The van der Waals surface area contributed by atoms with E-state index in [1.54, 1.807) is 30.5 Å². The molecule has 1 atom stereocenters. The average molecular weight is 639 g/mol. The minimum absolute atomic E-state index is 0.00380. The molecule has 0 bridgehead atoms. The van der Waals surface area contributed by atoms with Gasteiger partial charge in [-0.1, -0.05) is 12.1 Å². The lowest BCUT2D eigenvalue weighted by Gasteiger charge is -2.35. The number of nitrogens with zero attached hydrogens (tertiary/aromatic N) is 4. The van der Waals surface area contributed by atoms with Crippen LogP contribution in [0.4, 0.5) is 26.1 Å². The van der Waals surface area contributed by atoms with Crippen molar-refractivity contribution in [2.45, 2.75) is 51.2 Å². The normalized spacial score (nSPS) is 17.6. The van der Waals surface area contributed by atoms with Gasteiger partial charge in [0.2, 0.25) is 10.0 Å². The summed E-state index contributed by atoms with van der Waals surface area (Å²) < 4.78 is 68.3. The summed E-state index contributed by atoms with van der Waals surface area (Å²) in [5.74, 6) is 0.752. The van der Waals surface area contributed by atoms with E-state index in [1.807, 2.05) is 12.1 Å². The van der Waals surface area contributed by atoms with Gasteiger partial charge in [-0.3, -0.25) is 9.11 Å². The second-order valence-corrected chi connectivity index (χ2v) is 13.3. The van der Waals surface area contributed by atoms with Crippen LogP contribution in [0.1, 0.15) is 39.0 Å². The minimum Gasteiger partial charge on any atom is -0.488 e. The van der Waals surface area contributed by atoms with E-state index in [9.17, 15) is 12.8 Å². The van der Waals surface area contributed by atoms with E-state index in [4.69, 9.17) is 25.2 Å². The number of nitrogen functional groups attached to an aromatic ring is 1. The van der Waals surface area contributed by atoms with Gasteiger partial charge in [-0.05, 0) is 74.9 Å². The van der Waals surface area contributed by atoms with Gasteiger partial charge < -0.3 is 20.1 Å². The quantitative estimate of drug-likeness (QED) is 0.224. The van der Waals surface area contributed by atoms with Gasteiger partial charge in [0.1, 0.15) is 22.9 Å². The Hall–Kier alpha value is -4.10. The van der Waals surface area contributed by atoms with Crippen LogP contribution in [0, 0.1) is 5.82 Å². The van der Waals surface area contributed by atoms with Crippen molar-refractivity contribution in [2.75, 3.05) is 47.5 Å². The number of nitrogens with two attached hydrogens (primary N) is 1. The molecule has 3 heterocycles. The van der Waals surface area contributed by atoms with Crippen LogP contribution >= 0.6 is 0 Å². The van der Waals surface area contributed by atoms with Gasteiger partial charge in [0.15, 0.2) is 11.6 Å². The third-order valence-electron chi connectivity index (χ3n) is 8.15. The number of rotatable bonds is 10. The molecule has 238 valence electrons. The highest BCUT2D eigenvalue weighted by Crippen LogP contribution is 2.41. The Morgan fingerprint density at radius 3 is 2.69 bits per heavy atom. The number of ether oxygens (including phenoxy) is 2. The van der Waals surface area contributed by atoms with Gasteiger partial charge in [-0.2, -0.15) is 0 Å². The molecule has 0 radical (unpaired) electrons. The topological polar surface area (TPSA) is 133 Å². The maximum Gasteiger partial charge on any atom is 0.232 e. The van der Waals surface area contributed by atoms with E-state index in [1.165, 1.54) is 6.07 Å². The third kappa shape index (κ3) is 6.79. The number of sulfonamides is 1. The Labute approximate surface area is 261 Å². The molecule has 1 aliphatic heterocycles. The summed E-state index contributed by atoms with van der Waals surface area (Å²) in [7, 11) is -3.94. The predicted octanol–water partition coefficient (Wildman–Crippen LogP) is 5.73. The molecule has 13 heteroatoms. The Morgan fingerprint density at radius 2 is 1.96 bits per heavy atom. The zero-order valence-electron chi connectivity index (χ0n) is 25.0. The molecule has 2 aromatic heterocycles. The van der Waals surface area contributed by atoms with Crippen molar-refractivity contribution >= 4 is 38.2 Å². The number of pyridine rings is 1. The average Bonchev–Trinajstić information content (AvgIpc) is 3.54. The summed E-state index contributed by atoms with van der Waals surface area (Å²) in [5, 5.41) is 0.662. The molecular formula is C32H36F2N6O4S. The Balaban J connectivity index is 1.55. The molecule has 3 N–H and O–H groups in total. The molecule has 1 unspecified atom stereocenters. The Morgan fingerprint density at radius 1 is 1.13 bits per heavy atom. The SMILES string of the molecule is CC1COCCN1c1nc(-c2ccc(N)nc2)nc2c(OC3CCCC3)cc(-c3cccc(NS(=O)(=O)CCCF)c3F)cc12. The molecule has 4 aromatic rings. The number of nitrogens with one attached hydrogen (secondary N) is 1. The molecule has 10 nitrogen and oxygen atoms in total. The number of hydrogen-bond donors (Lipinski definition) is 2. The highest BCUT2D eigenvalue weighted by molar-refractivity contribution is 7.92. The minimum atomic E-state index is -3.94. The molecule has 1 saturated heterocycles. The standard InChI is InChI=1S/C32H36F2N6O4S/c1-20-19-43-14-13-40(20)32-25-16-22(24-8-4-9-26(29(24)34)39-45(41,42)15-5-12-33)17-27(44-23-6-2-3-7-23)30(25)37-31(38-32)21-10-11-28(35)36-18-21/h4,8-11,16-18,20,23,39H,2-3,5-7,12-15,19H2,1H3,(H2,35,36). The zero-order valence-corrected chi connectivity index (χ0v) is 25.8. The summed E-state index contributed by atoms with van der Waals surface area (Å²) in [6, 6.07) is 11.6. The first kappa shape index (κ1) is 30.9. The molecule has 1 aliphatic carbocycles. The largest absolute Gasteiger partial charge is 0.488 e. The van der Waals surface area contributed by atoms with Crippen LogP contribution in [0.3, 0.4) is 0 Å². The molecular weight excluding hydrogens is 602 g/mol. The monoisotopic (exact) mass is 638 g/mol. The van der Waals surface area contributed by atoms with Gasteiger partial charge >= 0.3 is 0 Å². The van der Waals surface area contributed by atoms with E-state index in [2.05, 4.69) is 21.5 Å². The maximum atomic E-state index is 16.1. The van der Waals surface area contributed by atoms with E-state index in [-0.39, 0.29) is 29.8 Å². The maximum absolute atomic E-state index is 16.1. The molecule has 45 heavy (non-hydrogen) atoms. The fourth-order valence-electron chi connectivity index (χ4n) is 5.84. The van der Waals surface area contributed by atoms with Crippen LogP contribution in [0.15, 0.2) is 48.7 Å². The molecule has 1 saturated carbocycles. The summed E-state index contributed by atoms with van der Waals surface area (Å²) in [6.45, 7) is 2.87. The number of anilines is 3. The molecule has 2 aliphatic rings. The zero-order chi connectivity index (χ0) is 31.6. The van der Waals surface area contributed by atoms with Gasteiger partial charge in [0.25, 0.3) is 0 Å². The van der Waals surface area contributed by atoms with Gasteiger partial charge in [-0.25, -0.2) is 27.8 Å². The predicted molar refractivity (Wildman–Crippen MR) is 171 cm³/mol. The fourth-order valence-corrected chi connectivity index (χ4v) is 6.92. The number of benzene rings is 2. The Kier molecular flexibility index (Phi) is 8.99. The van der Waals surface area contributed by atoms with Crippen molar-refractivity contribution in [3.8, 4) is 28.3 Å². The lowest BCUT2D eigenvalue weighted by Crippen LogP contribution is -2.44. The lowest BCUT2D eigenvalue weighted by atomic mass is 10.0. The highest BCUT2D eigenvalue weighted by atomic mass is 32.2. The lowest BCUT2D eigenvalue weighted by molar-refractivity contribution is 0.0987. The molecule has 2 aromatic carbocycles. The van der Waals surface area contributed by atoms with Gasteiger partial charge in [0.05, 0.1) is 43.5 Å². The van der Waals surface area contributed by atoms with Crippen molar-refractivity contribution in [1.82, 2.24) is 15.0 Å². The van der Waals surface area contributed by atoms with Crippen LogP contribution in [0.2, 0.25) is 0 Å². The van der Waals surface area contributed by atoms with E-state index in [0.29, 0.717) is 65.0 Å². The first-order valence-corrected chi connectivity index (χ1v) is 16.8. The number of hydrogen-bond acceptors (Lipinski definition) is 9. The van der Waals surface area contributed by atoms with Crippen molar-refractivity contribution in [3.63, 3.8) is 0 Å². The van der Waals surface area contributed by atoms with Gasteiger partial charge in [-0.15, -0.1) is 0 Å². The number of aromatic nitrogens is 3. The van der Waals surface area contributed by atoms with Crippen LogP contribution in [-0.4, -0.2) is 67.7 Å². The summed E-state index contributed by atoms with van der Waals surface area (Å²) in [4.78, 5) is 16.4. The molecule has 0 spiro atoms. The van der Waals surface area contributed by atoms with Crippen LogP contribution in [-0.2, 0) is 14.8 Å². The second kappa shape index (κ2) is 13.1. The first-order valence-electron chi connectivity index (χ1n) is 15.2. The van der Waals surface area contributed by atoms with Crippen molar-refractivity contribution in [1.29, 1.82) is 0 Å². The number of morpholine rings is 1. The van der Waals surface area contributed by atoms with E-state index in [0.717, 1.165) is 25.7 Å². The molecule has 0 amide bonds. The van der Waals surface area contributed by atoms with Crippen molar-refractivity contribution in [2.24, 2.45) is 0 Å². The smallest absolute Gasteiger partial charge is 0.232 e. The number of halogens is 2. The molecule has 2 fully saturated rings. The fraction of sp³-hybridized carbons (Fsp3) is 0.406. The first-order chi connectivity index (χ1) is 21.7. The van der Waals surface area contributed by atoms with Crippen molar-refractivity contribution in [3.05, 3.63) is 54.5 Å². The van der Waals surface area contributed by atoms with Crippen LogP contribution in [0.25, 0.3) is 33.4 Å². The van der Waals surface area contributed by atoms with E-state index >= 15 is 4.39 Å². The van der Waals surface area contributed by atoms with Crippen LogP contribution in [0.5, 0.6) is 5.75 Å². The number of fused-ring (bicyclic) bond motifs is 1. The summed E-state index contributed by atoms with van der Waals surface area (Å²) >= 11 is 0. The Bertz CT molecular complexity index is 1790. The summed E-state index contributed by atoms with van der Waals surface area (Å²) in [5.41, 5.74) is 7.54.